The molecule has 1 fully saturated rings. The number of allylic oxidation sites excluding steroid dienone is 3. The van der Waals surface area contributed by atoms with Crippen LogP contribution >= 0.6 is 0 Å². The van der Waals surface area contributed by atoms with Gasteiger partial charge in [-0.15, -0.1) is 0 Å². The first-order valence-electron chi connectivity index (χ1n) is 11.5. The maximum absolute atomic E-state index is 13.2. The Labute approximate surface area is 183 Å². The third-order valence-electron chi connectivity index (χ3n) is 6.83. The Kier molecular flexibility index (Phi) is 6.76. The Morgan fingerprint density at radius 2 is 1.74 bits per heavy atom. The molecule has 1 heterocycles. The van der Waals surface area contributed by atoms with Crippen LogP contribution in [-0.2, 0) is 9.59 Å². The minimum absolute atomic E-state index is 0.249. The summed E-state index contributed by atoms with van der Waals surface area (Å²) in [4.78, 5) is 27.0. The molecule has 1 amide bonds. The molecule has 0 saturated heterocycles. The molecular weight excluding hydrogens is 392 g/mol. The van der Waals surface area contributed by atoms with E-state index in [1.807, 2.05) is 4.90 Å². The molecule has 4 rings (SSSR count). The molecule has 3 aliphatic rings. The number of carboxylic acids is 1. The van der Waals surface area contributed by atoms with Gasteiger partial charge >= 0.3 is 5.97 Å². The predicted molar refractivity (Wildman–Crippen MR) is 118 cm³/mol. The van der Waals surface area contributed by atoms with E-state index in [1.165, 1.54) is 25.0 Å². The fourth-order valence-electron chi connectivity index (χ4n) is 5.16. The second kappa shape index (κ2) is 9.69. The molecule has 2 atom stereocenters. The third kappa shape index (κ3) is 4.85. The van der Waals surface area contributed by atoms with Gasteiger partial charge in [-0.1, -0.05) is 49.6 Å². The summed E-state index contributed by atoms with van der Waals surface area (Å²) in [5.74, 6) is -1.12. The standard InChI is InChI=1S/C25H32N2O4/c28-23(26-22(25(30)31)18-11-5-2-6-12-18)20-15-19-13-7-8-14-21(19)27(24(20)29)16-17-9-3-1-4-10-17/h2,5-6,11-12,15,17,22,24,29H,1,3-4,7-10,13-14,16H2,(H,26,28)(H,30,31)/t22-,24?/m0/s1. The lowest BCUT2D eigenvalue weighted by molar-refractivity contribution is -0.141. The van der Waals surface area contributed by atoms with Gasteiger partial charge in [0.25, 0.3) is 5.91 Å². The van der Waals surface area contributed by atoms with E-state index in [2.05, 4.69) is 5.32 Å². The van der Waals surface area contributed by atoms with E-state index in [4.69, 9.17) is 0 Å². The topological polar surface area (TPSA) is 89.9 Å². The summed E-state index contributed by atoms with van der Waals surface area (Å²) >= 11 is 0. The fourth-order valence-corrected chi connectivity index (χ4v) is 5.16. The van der Waals surface area contributed by atoms with Crippen LogP contribution in [0.5, 0.6) is 0 Å². The average Bonchev–Trinajstić information content (AvgIpc) is 2.80. The molecule has 166 valence electrons. The maximum atomic E-state index is 13.2. The van der Waals surface area contributed by atoms with Crippen LogP contribution in [0.4, 0.5) is 0 Å². The molecule has 6 heteroatoms. The highest BCUT2D eigenvalue weighted by Crippen LogP contribution is 2.37. The number of hydrogen-bond donors (Lipinski definition) is 3. The lowest BCUT2D eigenvalue weighted by atomic mass is 9.85. The van der Waals surface area contributed by atoms with Crippen LogP contribution in [0.3, 0.4) is 0 Å². The van der Waals surface area contributed by atoms with Gasteiger partial charge in [0.2, 0.25) is 0 Å². The maximum Gasteiger partial charge on any atom is 0.330 e. The minimum Gasteiger partial charge on any atom is -0.479 e. The van der Waals surface area contributed by atoms with Crippen LogP contribution in [0.2, 0.25) is 0 Å². The summed E-state index contributed by atoms with van der Waals surface area (Å²) < 4.78 is 0. The van der Waals surface area contributed by atoms with E-state index < -0.39 is 24.1 Å². The average molecular weight is 425 g/mol. The first-order chi connectivity index (χ1) is 15.0. The van der Waals surface area contributed by atoms with Crippen LogP contribution in [0.1, 0.15) is 69.4 Å². The van der Waals surface area contributed by atoms with Crippen LogP contribution in [0, 0.1) is 5.92 Å². The Balaban J connectivity index is 1.57. The third-order valence-corrected chi connectivity index (χ3v) is 6.83. The molecule has 3 N–H and O–H groups in total. The van der Waals surface area contributed by atoms with Crippen molar-refractivity contribution >= 4 is 11.9 Å². The Morgan fingerprint density at radius 3 is 2.45 bits per heavy atom. The van der Waals surface area contributed by atoms with Crippen molar-refractivity contribution in [3.8, 4) is 0 Å². The van der Waals surface area contributed by atoms with Crippen molar-refractivity contribution < 1.29 is 19.8 Å². The quantitative estimate of drug-likeness (QED) is 0.644. The van der Waals surface area contributed by atoms with E-state index in [-0.39, 0.29) is 5.57 Å². The summed E-state index contributed by atoms with van der Waals surface area (Å²) in [5.41, 5.74) is 3.03. The summed E-state index contributed by atoms with van der Waals surface area (Å²) in [6, 6.07) is 7.51. The number of hydrogen-bond acceptors (Lipinski definition) is 4. The Morgan fingerprint density at radius 1 is 1.03 bits per heavy atom. The zero-order valence-corrected chi connectivity index (χ0v) is 17.9. The van der Waals surface area contributed by atoms with Crippen molar-refractivity contribution in [3.05, 3.63) is 58.8 Å². The predicted octanol–water partition coefficient (Wildman–Crippen LogP) is 3.90. The van der Waals surface area contributed by atoms with E-state index >= 15 is 0 Å². The molecule has 1 saturated carbocycles. The highest BCUT2D eigenvalue weighted by Gasteiger charge is 2.36. The van der Waals surface area contributed by atoms with Gasteiger partial charge in [0.05, 0.1) is 5.57 Å². The minimum atomic E-state index is -1.16. The van der Waals surface area contributed by atoms with Crippen molar-refractivity contribution in [2.45, 2.75) is 70.1 Å². The summed E-state index contributed by atoms with van der Waals surface area (Å²) in [6.45, 7) is 0.756. The molecule has 1 aliphatic heterocycles. The van der Waals surface area contributed by atoms with E-state index in [1.54, 1.807) is 36.4 Å². The first-order valence-corrected chi connectivity index (χ1v) is 11.5. The molecule has 0 radical (unpaired) electrons. The summed E-state index contributed by atoms with van der Waals surface area (Å²) in [5, 5.41) is 23.5. The highest BCUT2D eigenvalue weighted by atomic mass is 16.4. The molecule has 6 nitrogen and oxygen atoms in total. The van der Waals surface area contributed by atoms with Crippen molar-refractivity contribution in [2.24, 2.45) is 5.92 Å². The first kappa shape index (κ1) is 21.6. The number of rotatable bonds is 6. The number of nitrogens with zero attached hydrogens (tertiary/aromatic N) is 1. The molecule has 31 heavy (non-hydrogen) atoms. The molecule has 1 aromatic carbocycles. The van der Waals surface area contributed by atoms with Gasteiger partial charge in [0, 0.05) is 12.2 Å². The highest BCUT2D eigenvalue weighted by molar-refractivity contribution is 5.97. The SMILES string of the molecule is O=C(N[C@H](C(=O)O)c1ccccc1)C1=CC2=C(CCCC2)N(CC2CCCCC2)C1O. The van der Waals surface area contributed by atoms with Crippen LogP contribution in [-0.4, -0.2) is 39.8 Å². The van der Waals surface area contributed by atoms with E-state index in [0.717, 1.165) is 50.6 Å². The van der Waals surface area contributed by atoms with Crippen LogP contribution in [0.15, 0.2) is 53.3 Å². The number of nitrogens with one attached hydrogen (secondary N) is 1. The van der Waals surface area contributed by atoms with Gasteiger partial charge in [-0.05, 0) is 61.7 Å². The number of carbonyl (C=O) groups is 2. The van der Waals surface area contributed by atoms with Gasteiger partial charge in [0.15, 0.2) is 12.3 Å². The smallest absolute Gasteiger partial charge is 0.330 e. The number of carbonyl (C=O) groups excluding carboxylic acids is 1. The molecule has 0 bridgehead atoms. The van der Waals surface area contributed by atoms with Crippen molar-refractivity contribution in [1.82, 2.24) is 10.2 Å². The number of aliphatic carboxylic acids is 1. The molecule has 2 aliphatic carbocycles. The lowest BCUT2D eigenvalue weighted by Crippen LogP contribution is -2.47. The van der Waals surface area contributed by atoms with Gasteiger partial charge < -0.3 is 20.4 Å². The van der Waals surface area contributed by atoms with Crippen molar-refractivity contribution in [2.75, 3.05) is 6.54 Å². The molecule has 1 unspecified atom stereocenters. The molecule has 0 aromatic heterocycles. The number of benzene rings is 1. The Hall–Kier alpha value is -2.60. The van der Waals surface area contributed by atoms with Gasteiger partial charge in [0.1, 0.15) is 0 Å². The zero-order valence-electron chi connectivity index (χ0n) is 17.9. The zero-order chi connectivity index (χ0) is 21.8. The van der Waals surface area contributed by atoms with Crippen LogP contribution < -0.4 is 5.32 Å². The lowest BCUT2D eigenvalue weighted by Gasteiger charge is -2.42. The largest absolute Gasteiger partial charge is 0.479 e. The second-order valence-corrected chi connectivity index (χ2v) is 8.96. The number of aliphatic hydroxyl groups excluding tert-OH is 1. The monoisotopic (exact) mass is 424 g/mol. The molecular formula is C25H32N2O4. The van der Waals surface area contributed by atoms with Gasteiger partial charge in [-0.2, -0.15) is 0 Å². The molecule has 1 aromatic rings. The van der Waals surface area contributed by atoms with E-state index in [9.17, 15) is 19.8 Å². The van der Waals surface area contributed by atoms with Crippen molar-refractivity contribution in [3.63, 3.8) is 0 Å². The molecule has 0 spiro atoms. The fraction of sp³-hybridized carbons (Fsp3) is 0.520. The summed E-state index contributed by atoms with van der Waals surface area (Å²) in [7, 11) is 0. The van der Waals surface area contributed by atoms with Crippen LogP contribution in [0.25, 0.3) is 0 Å². The second-order valence-electron chi connectivity index (χ2n) is 8.96. The number of aliphatic hydroxyl groups is 1. The summed E-state index contributed by atoms with van der Waals surface area (Å²) in [6.07, 6.45) is 10.8. The normalized spacial score (nSPS) is 23.1. The van der Waals surface area contributed by atoms with Gasteiger partial charge in [-0.25, -0.2) is 4.79 Å². The number of amides is 1. The Bertz CT molecular complexity index is 871. The van der Waals surface area contributed by atoms with Crippen molar-refractivity contribution in [1.29, 1.82) is 0 Å². The van der Waals surface area contributed by atoms with E-state index in [0.29, 0.717) is 11.5 Å². The van der Waals surface area contributed by atoms with Gasteiger partial charge in [-0.3, -0.25) is 4.79 Å². The number of carboxylic acid groups (broad SMARTS) is 1.